The minimum Gasteiger partial charge on any atom is -0.474 e. The monoisotopic (exact) mass is 415 g/mol. The average molecular weight is 415 g/mol. The van der Waals surface area contributed by atoms with Crippen molar-refractivity contribution in [3.63, 3.8) is 0 Å². The molecule has 3 heterocycles. The molecule has 30 heavy (non-hydrogen) atoms. The number of esters is 1. The summed E-state index contributed by atoms with van der Waals surface area (Å²) in [4.78, 5) is 20.6. The molecule has 0 unspecified atom stereocenters. The second kappa shape index (κ2) is 7.47. The normalized spacial score (nSPS) is 11.6. The maximum atomic E-state index is 13.2. The Bertz CT molecular complexity index is 1220. The number of pyridine rings is 1. The van der Waals surface area contributed by atoms with E-state index < -0.39 is 29.3 Å². The number of hydrogen-bond donors (Lipinski definition) is 1. The highest BCUT2D eigenvalue weighted by Gasteiger charge is 2.37. The molecular weight excluding hydrogens is 401 g/mol. The van der Waals surface area contributed by atoms with Crippen LogP contribution in [0.25, 0.3) is 5.65 Å². The van der Waals surface area contributed by atoms with Crippen molar-refractivity contribution in [2.45, 2.75) is 12.7 Å². The molecule has 10 heteroatoms. The Kier molecular flexibility index (Phi) is 4.82. The Labute approximate surface area is 167 Å². The molecule has 0 aliphatic rings. The minimum atomic E-state index is -4.70. The van der Waals surface area contributed by atoms with Crippen molar-refractivity contribution in [2.24, 2.45) is 0 Å². The van der Waals surface area contributed by atoms with Crippen LogP contribution in [0.5, 0.6) is 11.6 Å². The number of nitrogens with zero attached hydrogens (tertiary/aromatic N) is 4. The van der Waals surface area contributed by atoms with Gasteiger partial charge in [0.25, 0.3) is 5.65 Å². The molecule has 0 aliphatic carbocycles. The lowest BCUT2D eigenvalue weighted by molar-refractivity contribution is -0.668. The second-order valence-corrected chi connectivity index (χ2v) is 6.32. The van der Waals surface area contributed by atoms with Gasteiger partial charge in [0.1, 0.15) is 18.6 Å². The van der Waals surface area contributed by atoms with Gasteiger partial charge in [-0.05, 0) is 18.2 Å². The Balaban J connectivity index is 1.77. The summed E-state index contributed by atoms with van der Waals surface area (Å²) in [6, 6.07) is 9.33. The van der Waals surface area contributed by atoms with E-state index in [0.29, 0.717) is 11.2 Å². The Morgan fingerprint density at radius 3 is 2.53 bits per heavy atom. The summed E-state index contributed by atoms with van der Waals surface area (Å²) in [7, 11) is 0. The zero-order valence-electron chi connectivity index (χ0n) is 15.2. The molecule has 0 radical (unpaired) electrons. The number of para-hydroxylation sites is 1. The van der Waals surface area contributed by atoms with Crippen molar-refractivity contribution in [3.05, 3.63) is 84.2 Å². The van der Waals surface area contributed by atoms with Crippen molar-refractivity contribution >= 4 is 11.6 Å². The van der Waals surface area contributed by atoms with Crippen LogP contribution >= 0.6 is 0 Å². The van der Waals surface area contributed by atoms with Crippen molar-refractivity contribution < 1.29 is 32.4 Å². The average Bonchev–Trinajstić information content (AvgIpc) is 3.00. The third-order valence-corrected chi connectivity index (χ3v) is 4.37. The highest BCUT2D eigenvalue weighted by molar-refractivity contribution is 5.92. The van der Waals surface area contributed by atoms with Crippen LogP contribution in [-0.4, -0.2) is 25.4 Å². The first-order chi connectivity index (χ1) is 14.4. The van der Waals surface area contributed by atoms with Crippen molar-refractivity contribution in [1.82, 2.24) is 14.4 Å². The van der Waals surface area contributed by atoms with E-state index in [1.165, 1.54) is 33.6 Å². The smallest absolute Gasteiger partial charge is 0.419 e. The zero-order chi connectivity index (χ0) is 21.3. The maximum absolute atomic E-state index is 13.2. The minimum absolute atomic E-state index is 0.132. The lowest BCUT2D eigenvalue weighted by Crippen LogP contribution is -2.33. The topological polar surface area (TPSA) is 80.6 Å². The van der Waals surface area contributed by atoms with E-state index >= 15 is 0 Å². The maximum Gasteiger partial charge on any atom is 0.419 e. The van der Waals surface area contributed by atoms with Gasteiger partial charge in [0.15, 0.2) is 0 Å². The second-order valence-electron chi connectivity index (χ2n) is 6.32. The van der Waals surface area contributed by atoms with Gasteiger partial charge in [-0.25, -0.2) is 14.8 Å². The molecule has 0 aliphatic heterocycles. The molecule has 0 spiro atoms. The van der Waals surface area contributed by atoms with Crippen molar-refractivity contribution in [1.29, 1.82) is 0 Å². The Morgan fingerprint density at radius 1 is 1.10 bits per heavy atom. The van der Waals surface area contributed by atoms with Crippen LogP contribution < -0.4 is 9.30 Å². The van der Waals surface area contributed by atoms with Gasteiger partial charge in [0.2, 0.25) is 0 Å². The molecule has 4 rings (SSSR count). The van der Waals surface area contributed by atoms with Crippen LogP contribution in [0.15, 0.2) is 67.4 Å². The number of rotatable bonds is 4. The number of aromatic hydroxyl groups is 1. The Morgan fingerprint density at radius 2 is 1.80 bits per heavy atom. The first-order valence-electron chi connectivity index (χ1n) is 8.70. The number of ether oxygens (including phenoxy) is 1. The molecule has 0 amide bonds. The fourth-order valence-electron chi connectivity index (χ4n) is 3.06. The van der Waals surface area contributed by atoms with Gasteiger partial charge < -0.3 is 9.84 Å². The summed E-state index contributed by atoms with van der Waals surface area (Å²) in [5.41, 5.74) is -0.321. The summed E-state index contributed by atoms with van der Waals surface area (Å²) in [6.45, 7) is 0.132. The summed E-state index contributed by atoms with van der Waals surface area (Å²) in [6.07, 6.45) is 1.24. The molecule has 0 saturated carbocycles. The number of carbonyl (C=O) groups excluding carboxylic acids is 1. The van der Waals surface area contributed by atoms with Gasteiger partial charge in [-0.1, -0.05) is 18.2 Å². The fourth-order valence-corrected chi connectivity index (χ4v) is 3.06. The fraction of sp³-hybridized carbons (Fsp3) is 0.100. The van der Waals surface area contributed by atoms with E-state index in [-0.39, 0.29) is 12.2 Å². The van der Waals surface area contributed by atoms with E-state index in [1.54, 1.807) is 30.6 Å². The Hall–Kier alpha value is -3.95. The highest BCUT2D eigenvalue weighted by Crippen LogP contribution is 2.36. The summed E-state index contributed by atoms with van der Waals surface area (Å²) in [5, 5.41) is 10.7. The molecule has 152 valence electrons. The number of imidazole rings is 1. The van der Waals surface area contributed by atoms with Crippen LogP contribution in [0.3, 0.4) is 0 Å². The van der Waals surface area contributed by atoms with E-state index in [0.717, 1.165) is 12.1 Å². The number of fused-ring (bicyclic) bond motifs is 1. The van der Waals surface area contributed by atoms with Crippen LogP contribution in [0.2, 0.25) is 0 Å². The van der Waals surface area contributed by atoms with Gasteiger partial charge in [-0.2, -0.15) is 22.1 Å². The van der Waals surface area contributed by atoms with Gasteiger partial charge >= 0.3 is 23.7 Å². The standard InChI is InChI=1S/C20H13F3N4O3/c21-20(22,23)14-5-1-2-6-15(14)30-19(29)17-18(28)27(11-13-9-24-12-25-10-13)16-7-3-4-8-26(16)17/h1-10,12H,11H2/p+1. The van der Waals surface area contributed by atoms with Crippen LogP contribution in [-0.2, 0) is 12.7 Å². The lowest BCUT2D eigenvalue weighted by atomic mass is 10.2. The van der Waals surface area contributed by atoms with E-state index in [9.17, 15) is 23.1 Å². The van der Waals surface area contributed by atoms with Gasteiger partial charge in [0, 0.05) is 24.0 Å². The molecular formula is C20H14F3N4O3+. The van der Waals surface area contributed by atoms with Crippen molar-refractivity contribution in [2.75, 3.05) is 0 Å². The number of hydrogen-bond acceptors (Lipinski definition) is 5. The zero-order valence-corrected chi connectivity index (χ0v) is 15.2. The van der Waals surface area contributed by atoms with Crippen LogP contribution in [0.1, 0.15) is 21.6 Å². The summed E-state index contributed by atoms with van der Waals surface area (Å²) < 4.78 is 47.4. The SMILES string of the molecule is O=C(Oc1ccccc1C(F)(F)F)c1c(O)[n+](Cc2cncnc2)c2ccccn12. The first-order valence-corrected chi connectivity index (χ1v) is 8.70. The number of halogens is 3. The molecule has 1 N–H and O–H groups in total. The van der Waals surface area contributed by atoms with Crippen LogP contribution in [0, 0.1) is 0 Å². The van der Waals surface area contributed by atoms with Gasteiger partial charge in [-0.15, -0.1) is 0 Å². The van der Waals surface area contributed by atoms with Gasteiger partial charge in [-0.3, -0.25) is 0 Å². The van der Waals surface area contributed by atoms with E-state index in [1.807, 2.05) is 0 Å². The molecule has 1 aromatic carbocycles. The number of carbonyl (C=O) groups is 1. The van der Waals surface area contributed by atoms with Crippen LogP contribution in [0.4, 0.5) is 13.2 Å². The number of aromatic nitrogens is 4. The molecule has 7 nitrogen and oxygen atoms in total. The van der Waals surface area contributed by atoms with E-state index in [2.05, 4.69) is 9.97 Å². The predicted molar refractivity (Wildman–Crippen MR) is 96.8 cm³/mol. The predicted octanol–water partition coefficient (Wildman–Crippen LogP) is 3.01. The summed E-state index contributed by atoms with van der Waals surface area (Å²) in [5.74, 6) is -2.24. The van der Waals surface area contributed by atoms with Crippen molar-refractivity contribution in [3.8, 4) is 11.6 Å². The number of alkyl halides is 3. The molecule has 0 saturated heterocycles. The third-order valence-electron chi connectivity index (χ3n) is 4.37. The quantitative estimate of drug-likeness (QED) is 0.315. The van der Waals surface area contributed by atoms with Gasteiger partial charge in [0.05, 0.1) is 11.8 Å². The molecule has 4 aromatic rings. The number of benzene rings is 1. The molecule has 0 bridgehead atoms. The summed E-state index contributed by atoms with van der Waals surface area (Å²) >= 11 is 0. The van der Waals surface area contributed by atoms with E-state index in [4.69, 9.17) is 4.74 Å². The third kappa shape index (κ3) is 3.54. The highest BCUT2D eigenvalue weighted by atomic mass is 19.4. The molecule has 3 aromatic heterocycles. The largest absolute Gasteiger partial charge is 0.474 e. The molecule has 0 fully saturated rings. The molecule has 0 atom stereocenters. The first kappa shape index (κ1) is 19.4. The lowest BCUT2D eigenvalue weighted by Gasteiger charge is -2.11.